The van der Waals surface area contributed by atoms with Gasteiger partial charge in [0.15, 0.2) is 0 Å². The van der Waals surface area contributed by atoms with E-state index in [4.69, 9.17) is 0 Å². The van der Waals surface area contributed by atoms with Gasteiger partial charge in [-0.1, -0.05) is 6.07 Å². The van der Waals surface area contributed by atoms with Gasteiger partial charge in [-0.05, 0) is 30.2 Å². The third-order valence-corrected chi connectivity index (χ3v) is 4.52. The molecule has 5 heteroatoms. The standard InChI is InChI=1S/C14H17N3OS/c18-14(13-2-1-9-19-13)17-6-3-12(4-7-17)10-16-8-5-15-11-16/h1-2,5,8-9,11-12H,3-4,6-7,10H2. The highest BCUT2D eigenvalue weighted by atomic mass is 32.1. The topological polar surface area (TPSA) is 38.1 Å². The highest BCUT2D eigenvalue weighted by Gasteiger charge is 2.24. The molecule has 0 bridgehead atoms. The monoisotopic (exact) mass is 275 g/mol. The van der Waals surface area contributed by atoms with Crippen LogP contribution < -0.4 is 0 Å². The SMILES string of the molecule is O=C(c1cccs1)N1CCC(Cn2ccnc2)CC1. The average Bonchev–Trinajstić information content (AvgIpc) is 3.12. The molecule has 0 atom stereocenters. The van der Waals surface area contributed by atoms with Gasteiger partial charge in [-0.15, -0.1) is 11.3 Å². The molecule has 100 valence electrons. The van der Waals surface area contributed by atoms with Crippen LogP contribution in [0.5, 0.6) is 0 Å². The molecule has 0 aromatic carbocycles. The van der Waals surface area contributed by atoms with Crippen LogP contribution in [0.4, 0.5) is 0 Å². The molecule has 3 rings (SSSR count). The van der Waals surface area contributed by atoms with Gasteiger partial charge >= 0.3 is 0 Å². The Morgan fingerprint density at radius 3 is 2.89 bits per heavy atom. The maximum Gasteiger partial charge on any atom is 0.263 e. The maximum absolute atomic E-state index is 12.2. The molecule has 0 spiro atoms. The zero-order valence-electron chi connectivity index (χ0n) is 10.7. The van der Waals surface area contributed by atoms with Crippen LogP contribution in [0.2, 0.25) is 0 Å². The molecule has 1 fully saturated rings. The number of thiophene rings is 1. The van der Waals surface area contributed by atoms with Crippen molar-refractivity contribution in [3.8, 4) is 0 Å². The first kappa shape index (κ1) is 12.4. The van der Waals surface area contributed by atoms with Crippen LogP contribution >= 0.6 is 11.3 Å². The van der Waals surface area contributed by atoms with Gasteiger partial charge in [-0.25, -0.2) is 4.98 Å². The molecule has 4 nitrogen and oxygen atoms in total. The van der Waals surface area contributed by atoms with E-state index < -0.39 is 0 Å². The number of hydrogen-bond acceptors (Lipinski definition) is 3. The van der Waals surface area contributed by atoms with E-state index in [0.717, 1.165) is 37.4 Å². The summed E-state index contributed by atoms with van der Waals surface area (Å²) in [4.78, 5) is 19.1. The molecule has 0 saturated carbocycles. The molecule has 2 aromatic rings. The third kappa shape index (κ3) is 2.87. The molecule has 3 heterocycles. The number of imidazole rings is 1. The van der Waals surface area contributed by atoms with Crippen molar-refractivity contribution in [2.24, 2.45) is 5.92 Å². The second-order valence-corrected chi connectivity index (χ2v) is 5.92. The second-order valence-electron chi connectivity index (χ2n) is 4.97. The van der Waals surface area contributed by atoms with Crippen LogP contribution in [0, 0.1) is 5.92 Å². The number of hydrogen-bond donors (Lipinski definition) is 0. The molecule has 0 aliphatic carbocycles. The molecule has 0 radical (unpaired) electrons. The highest BCUT2D eigenvalue weighted by Crippen LogP contribution is 2.21. The van der Waals surface area contributed by atoms with Gasteiger partial charge in [0, 0.05) is 32.0 Å². The molecule has 1 aliphatic heterocycles. The summed E-state index contributed by atoms with van der Waals surface area (Å²) >= 11 is 1.53. The van der Waals surface area contributed by atoms with E-state index in [1.807, 2.05) is 41.1 Å². The largest absolute Gasteiger partial charge is 0.338 e. The smallest absolute Gasteiger partial charge is 0.263 e. The first-order chi connectivity index (χ1) is 9.33. The lowest BCUT2D eigenvalue weighted by Gasteiger charge is -2.31. The van der Waals surface area contributed by atoms with Gasteiger partial charge in [0.05, 0.1) is 11.2 Å². The Hall–Kier alpha value is -1.62. The lowest BCUT2D eigenvalue weighted by Crippen LogP contribution is -2.38. The number of carbonyl (C=O) groups excluding carboxylic acids is 1. The van der Waals surface area contributed by atoms with Gasteiger partial charge in [-0.3, -0.25) is 4.79 Å². The molecule has 1 amide bonds. The van der Waals surface area contributed by atoms with Crippen molar-refractivity contribution in [2.45, 2.75) is 19.4 Å². The Morgan fingerprint density at radius 2 is 2.26 bits per heavy atom. The van der Waals surface area contributed by atoms with Crippen molar-refractivity contribution < 1.29 is 4.79 Å². The average molecular weight is 275 g/mol. The second kappa shape index (κ2) is 5.57. The molecule has 1 aliphatic rings. The van der Waals surface area contributed by atoms with Gasteiger partial charge in [0.1, 0.15) is 0 Å². The van der Waals surface area contributed by atoms with Crippen molar-refractivity contribution in [3.63, 3.8) is 0 Å². The minimum atomic E-state index is 0.191. The maximum atomic E-state index is 12.2. The van der Waals surface area contributed by atoms with Crippen LogP contribution in [0.15, 0.2) is 36.2 Å². The lowest BCUT2D eigenvalue weighted by atomic mass is 9.96. The normalized spacial score (nSPS) is 16.7. The van der Waals surface area contributed by atoms with E-state index in [9.17, 15) is 4.79 Å². The van der Waals surface area contributed by atoms with E-state index in [1.165, 1.54) is 11.3 Å². The summed E-state index contributed by atoms with van der Waals surface area (Å²) in [5, 5.41) is 1.96. The van der Waals surface area contributed by atoms with Crippen LogP contribution in [0.25, 0.3) is 0 Å². The Labute approximate surface area is 116 Å². The summed E-state index contributed by atoms with van der Waals surface area (Å²) in [6, 6.07) is 3.84. The summed E-state index contributed by atoms with van der Waals surface area (Å²) in [5.41, 5.74) is 0. The van der Waals surface area contributed by atoms with Crippen molar-refractivity contribution in [3.05, 3.63) is 41.1 Å². The van der Waals surface area contributed by atoms with E-state index >= 15 is 0 Å². The zero-order chi connectivity index (χ0) is 13.1. The number of nitrogens with zero attached hydrogens (tertiary/aromatic N) is 3. The third-order valence-electron chi connectivity index (χ3n) is 3.66. The Morgan fingerprint density at radius 1 is 1.42 bits per heavy atom. The lowest BCUT2D eigenvalue weighted by molar-refractivity contribution is 0.0688. The Bertz CT molecular complexity index is 513. The molecular formula is C14H17N3OS. The molecule has 0 unspecified atom stereocenters. The number of rotatable bonds is 3. The van der Waals surface area contributed by atoms with Crippen molar-refractivity contribution in [1.82, 2.24) is 14.5 Å². The predicted octanol–water partition coefficient (Wildman–Crippen LogP) is 2.50. The first-order valence-electron chi connectivity index (χ1n) is 6.61. The van der Waals surface area contributed by atoms with Crippen molar-refractivity contribution in [2.75, 3.05) is 13.1 Å². The minimum absolute atomic E-state index is 0.191. The van der Waals surface area contributed by atoms with E-state index in [2.05, 4.69) is 9.55 Å². The summed E-state index contributed by atoms with van der Waals surface area (Å²) in [5.74, 6) is 0.845. The number of amides is 1. The van der Waals surface area contributed by atoms with Crippen LogP contribution in [-0.4, -0.2) is 33.4 Å². The first-order valence-corrected chi connectivity index (χ1v) is 7.49. The predicted molar refractivity (Wildman–Crippen MR) is 75.2 cm³/mol. The summed E-state index contributed by atoms with van der Waals surface area (Å²) in [6.45, 7) is 2.76. The van der Waals surface area contributed by atoms with Crippen molar-refractivity contribution >= 4 is 17.2 Å². The van der Waals surface area contributed by atoms with E-state index in [0.29, 0.717) is 5.92 Å². The van der Waals surface area contributed by atoms with E-state index in [-0.39, 0.29) is 5.91 Å². The molecule has 2 aromatic heterocycles. The van der Waals surface area contributed by atoms with Crippen LogP contribution in [0.1, 0.15) is 22.5 Å². The van der Waals surface area contributed by atoms with Crippen molar-refractivity contribution in [1.29, 1.82) is 0 Å². The van der Waals surface area contributed by atoms with E-state index in [1.54, 1.807) is 0 Å². The van der Waals surface area contributed by atoms with Gasteiger partial charge in [0.2, 0.25) is 0 Å². The van der Waals surface area contributed by atoms with Crippen LogP contribution in [0.3, 0.4) is 0 Å². The molecular weight excluding hydrogens is 258 g/mol. The number of aromatic nitrogens is 2. The van der Waals surface area contributed by atoms with Gasteiger partial charge in [-0.2, -0.15) is 0 Å². The number of likely N-dealkylation sites (tertiary alicyclic amines) is 1. The summed E-state index contributed by atoms with van der Waals surface area (Å²) in [6.07, 6.45) is 7.84. The number of piperidine rings is 1. The highest BCUT2D eigenvalue weighted by molar-refractivity contribution is 7.12. The molecule has 0 N–H and O–H groups in total. The quantitative estimate of drug-likeness (QED) is 0.863. The van der Waals surface area contributed by atoms with Crippen LogP contribution in [-0.2, 0) is 6.54 Å². The number of carbonyl (C=O) groups is 1. The molecule has 19 heavy (non-hydrogen) atoms. The zero-order valence-corrected chi connectivity index (χ0v) is 11.6. The van der Waals surface area contributed by atoms with Gasteiger partial charge < -0.3 is 9.47 Å². The Kier molecular flexibility index (Phi) is 3.64. The minimum Gasteiger partial charge on any atom is -0.338 e. The summed E-state index contributed by atoms with van der Waals surface area (Å²) < 4.78 is 2.13. The Balaban J connectivity index is 1.53. The fraction of sp³-hybridized carbons (Fsp3) is 0.429. The fourth-order valence-electron chi connectivity index (χ4n) is 2.57. The molecule has 1 saturated heterocycles. The summed E-state index contributed by atoms with van der Waals surface area (Å²) in [7, 11) is 0. The fourth-order valence-corrected chi connectivity index (χ4v) is 3.26. The van der Waals surface area contributed by atoms with Gasteiger partial charge in [0.25, 0.3) is 5.91 Å².